The first kappa shape index (κ1) is 21.8. The van der Waals surface area contributed by atoms with E-state index in [1.165, 1.54) is 5.56 Å². The van der Waals surface area contributed by atoms with Crippen molar-refractivity contribution in [3.05, 3.63) is 82.2 Å². The first-order chi connectivity index (χ1) is 15.4. The van der Waals surface area contributed by atoms with Crippen molar-refractivity contribution in [2.24, 2.45) is 0 Å². The second-order valence-electron chi connectivity index (χ2n) is 8.59. The molecule has 0 unspecified atom stereocenters. The van der Waals surface area contributed by atoms with Crippen LogP contribution in [-0.2, 0) is 19.4 Å². The molecule has 1 aromatic heterocycles. The summed E-state index contributed by atoms with van der Waals surface area (Å²) < 4.78 is 1.95. The van der Waals surface area contributed by atoms with Crippen LogP contribution >= 0.6 is 0 Å². The van der Waals surface area contributed by atoms with E-state index < -0.39 is 0 Å². The molecule has 0 N–H and O–H groups in total. The van der Waals surface area contributed by atoms with Crippen LogP contribution in [0.1, 0.15) is 56.6 Å². The summed E-state index contributed by atoms with van der Waals surface area (Å²) in [6, 6.07) is 15.7. The van der Waals surface area contributed by atoms with Gasteiger partial charge in [0.05, 0.1) is 5.69 Å². The van der Waals surface area contributed by atoms with Crippen molar-refractivity contribution in [2.75, 3.05) is 20.6 Å². The summed E-state index contributed by atoms with van der Waals surface area (Å²) in [7, 11) is 3.48. The van der Waals surface area contributed by atoms with Crippen LogP contribution in [0, 0.1) is 6.92 Å². The van der Waals surface area contributed by atoms with E-state index in [4.69, 9.17) is 5.10 Å². The first-order valence-electron chi connectivity index (χ1n) is 11.2. The number of aryl methyl sites for hydroxylation is 1. The van der Waals surface area contributed by atoms with Crippen LogP contribution in [0.5, 0.6) is 0 Å². The van der Waals surface area contributed by atoms with Crippen molar-refractivity contribution >= 4 is 11.8 Å². The van der Waals surface area contributed by atoms with Crippen LogP contribution in [0.15, 0.2) is 48.5 Å². The van der Waals surface area contributed by atoms with Crippen LogP contribution < -0.4 is 0 Å². The fourth-order valence-corrected chi connectivity index (χ4v) is 4.22. The molecule has 0 bridgehead atoms. The van der Waals surface area contributed by atoms with Crippen molar-refractivity contribution < 1.29 is 9.59 Å². The summed E-state index contributed by atoms with van der Waals surface area (Å²) in [5.74, 6) is -0.0675. The molecule has 4 rings (SSSR count). The number of nitrogens with zero attached hydrogens (tertiary/aromatic N) is 4. The van der Waals surface area contributed by atoms with E-state index in [0.717, 1.165) is 41.8 Å². The van der Waals surface area contributed by atoms with Gasteiger partial charge in [0.1, 0.15) is 0 Å². The number of carbonyl (C=O) groups is 2. The average Bonchev–Trinajstić information content (AvgIpc) is 3.40. The number of benzene rings is 2. The number of aromatic nitrogens is 2. The minimum Gasteiger partial charge on any atom is -0.345 e. The lowest BCUT2D eigenvalue weighted by atomic mass is 10.1. The maximum Gasteiger partial charge on any atom is 0.274 e. The lowest BCUT2D eigenvalue weighted by molar-refractivity contribution is 0.0744. The lowest BCUT2D eigenvalue weighted by Crippen LogP contribution is -2.31. The fraction of sp³-hybridized carbons (Fsp3) is 0.346. The quantitative estimate of drug-likeness (QED) is 0.593. The molecule has 2 aromatic carbocycles. The van der Waals surface area contributed by atoms with Crippen molar-refractivity contribution in [3.63, 3.8) is 0 Å². The molecule has 0 radical (unpaired) electrons. The number of hydrogen-bond acceptors (Lipinski definition) is 3. The maximum atomic E-state index is 13.5. The number of hydrogen-bond donors (Lipinski definition) is 0. The number of amides is 2. The van der Waals surface area contributed by atoms with Gasteiger partial charge in [0.2, 0.25) is 0 Å². The lowest BCUT2D eigenvalue weighted by Gasteiger charge is -2.21. The number of rotatable bonds is 6. The summed E-state index contributed by atoms with van der Waals surface area (Å²) >= 11 is 0. The number of carbonyl (C=O) groups excluding carboxylic acids is 2. The molecule has 166 valence electrons. The Morgan fingerprint density at radius 3 is 2.28 bits per heavy atom. The normalized spacial score (nSPS) is 12.5. The topological polar surface area (TPSA) is 58.4 Å². The highest BCUT2D eigenvalue weighted by atomic mass is 16.2. The molecule has 6 heteroatoms. The average molecular weight is 431 g/mol. The van der Waals surface area contributed by atoms with Gasteiger partial charge >= 0.3 is 0 Å². The molecule has 0 aliphatic heterocycles. The Labute approximate surface area is 189 Å². The molecule has 0 spiro atoms. The van der Waals surface area contributed by atoms with Gasteiger partial charge in [-0.25, -0.2) is 4.68 Å². The van der Waals surface area contributed by atoms with Crippen molar-refractivity contribution in [1.29, 1.82) is 0 Å². The maximum absolute atomic E-state index is 13.5. The van der Waals surface area contributed by atoms with Gasteiger partial charge in [-0.2, -0.15) is 5.10 Å². The molecular weight excluding hydrogens is 400 g/mol. The zero-order chi connectivity index (χ0) is 22.8. The van der Waals surface area contributed by atoms with E-state index in [1.54, 1.807) is 19.0 Å². The summed E-state index contributed by atoms with van der Waals surface area (Å²) in [5.41, 5.74) is 6.63. The molecular formula is C26H30N4O2. The molecule has 0 fully saturated rings. The van der Waals surface area contributed by atoms with E-state index in [0.29, 0.717) is 24.3 Å². The Balaban J connectivity index is 1.58. The molecule has 0 saturated carbocycles. The van der Waals surface area contributed by atoms with Gasteiger partial charge in [0.25, 0.3) is 11.8 Å². The minimum absolute atomic E-state index is 0.0304. The van der Waals surface area contributed by atoms with E-state index >= 15 is 0 Å². The predicted octanol–water partition coefficient (Wildman–Crippen LogP) is 4.03. The highest BCUT2D eigenvalue weighted by Crippen LogP contribution is 2.29. The Hall–Kier alpha value is -3.41. The van der Waals surface area contributed by atoms with Crippen molar-refractivity contribution in [1.82, 2.24) is 19.6 Å². The van der Waals surface area contributed by atoms with E-state index in [1.807, 2.05) is 40.8 Å². The van der Waals surface area contributed by atoms with Crippen LogP contribution in [0.2, 0.25) is 0 Å². The van der Waals surface area contributed by atoms with Crippen molar-refractivity contribution in [3.8, 4) is 5.69 Å². The van der Waals surface area contributed by atoms with Gasteiger partial charge in [-0.1, -0.05) is 29.8 Å². The zero-order valence-electron chi connectivity index (χ0n) is 19.3. The minimum atomic E-state index is -0.0371. The van der Waals surface area contributed by atoms with E-state index in [2.05, 4.69) is 31.2 Å². The van der Waals surface area contributed by atoms with Crippen molar-refractivity contribution in [2.45, 2.75) is 39.7 Å². The van der Waals surface area contributed by atoms with Gasteiger partial charge in [-0.15, -0.1) is 0 Å². The predicted molar refractivity (Wildman–Crippen MR) is 125 cm³/mol. The molecule has 32 heavy (non-hydrogen) atoms. The highest BCUT2D eigenvalue weighted by molar-refractivity contribution is 5.95. The molecule has 1 aliphatic rings. The van der Waals surface area contributed by atoms with Crippen LogP contribution in [0.3, 0.4) is 0 Å². The van der Waals surface area contributed by atoms with Gasteiger partial charge in [0.15, 0.2) is 5.69 Å². The Morgan fingerprint density at radius 2 is 1.66 bits per heavy atom. The standard InChI is InChI=1S/C26H30N4O2/c1-5-29(17-19-11-13-20(14-12-19)25(31)28(3)4)26(32)24-22-7-6-8-23(22)30(27-24)21-15-9-18(2)10-16-21/h9-16H,5-8,17H2,1-4H3. The summed E-state index contributed by atoms with van der Waals surface area (Å²) in [5, 5.41) is 4.77. The summed E-state index contributed by atoms with van der Waals surface area (Å²) in [6.07, 6.45) is 2.88. The second kappa shape index (κ2) is 8.99. The molecule has 1 aliphatic carbocycles. The highest BCUT2D eigenvalue weighted by Gasteiger charge is 2.29. The molecule has 2 amide bonds. The molecule has 0 atom stereocenters. The Kier molecular flexibility index (Phi) is 6.12. The largest absolute Gasteiger partial charge is 0.345 e. The third-order valence-corrected chi connectivity index (χ3v) is 6.06. The molecule has 6 nitrogen and oxygen atoms in total. The molecule has 3 aromatic rings. The van der Waals surface area contributed by atoms with Crippen LogP contribution in [0.25, 0.3) is 5.69 Å². The third-order valence-electron chi connectivity index (χ3n) is 6.06. The molecule has 1 heterocycles. The first-order valence-corrected chi connectivity index (χ1v) is 11.2. The van der Waals surface area contributed by atoms with Crippen LogP contribution in [0.4, 0.5) is 0 Å². The third kappa shape index (κ3) is 4.17. The van der Waals surface area contributed by atoms with Gasteiger partial charge < -0.3 is 9.80 Å². The monoisotopic (exact) mass is 430 g/mol. The number of fused-ring (bicyclic) bond motifs is 1. The van der Waals surface area contributed by atoms with E-state index in [9.17, 15) is 9.59 Å². The van der Waals surface area contributed by atoms with Gasteiger partial charge in [-0.05, 0) is 62.9 Å². The van der Waals surface area contributed by atoms with E-state index in [-0.39, 0.29) is 11.8 Å². The van der Waals surface area contributed by atoms with Gasteiger partial charge in [-0.3, -0.25) is 9.59 Å². The van der Waals surface area contributed by atoms with Crippen LogP contribution in [-0.4, -0.2) is 52.0 Å². The summed E-state index contributed by atoms with van der Waals surface area (Å²) in [6.45, 7) is 5.12. The Morgan fingerprint density at radius 1 is 0.969 bits per heavy atom. The molecule has 0 saturated heterocycles. The smallest absolute Gasteiger partial charge is 0.274 e. The fourth-order valence-electron chi connectivity index (χ4n) is 4.22. The summed E-state index contributed by atoms with van der Waals surface area (Å²) in [4.78, 5) is 29.0. The zero-order valence-corrected chi connectivity index (χ0v) is 19.3. The second-order valence-corrected chi connectivity index (χ2v) is 8.59. The Bertz CT molecular complexity index is 1130. The SMILES string of the molecule is CCN(Cc1ccc(C(=O)N(C)C)cc1)C(=O)c1nn(-c2ccc(C)cc2)c2c1CCC2. The van der Waals surface area contributed by atoms with Gasteiger partial charge in [0, 0.05) is 44.0 Å².